The molecular weight excluding hydrogens is 282 g/mol. The minimum Gasteiger partial charge on any atom is -0.477 e. The summed E-state index contributed by atoms with van der Waals surface area (Å²) in [6.45, 7) is 3.40. The fourth-order valence-corrected chi connectivity index (χ4v) is 2.44. The first-order chi connectivity index (χ1) is 9.38. The minimum atomic E-state index is -1.04. The van der Waals surface area contributed by atoms with Gasteiger partial charge in [0.1, 0.15) is 4.88 Å². The van der Waals surface area contributed by atoms with E-state index in [0.717, 1.165) is 16.9 Å². The highest BCUT2D eigenvalue weighted by atomic mass is 32.1. The molecule has 0 unspecified atom stereocenters. The fraction of sp³-hybridized carbons (Fsp3) is 0.167. The highest BCUT2D eigenvalue weighted by Gasteiger charge is 2.15. The van der Waals surface area contributed by atoms with Gasteiger partial charge in [0, 0.05) is 12.1 Å². The number of aromatic carboxylic acids is 1. The largest absolute Gasteiger partial charge is 0.477 e. The molecule has 0 atom stereocenters. The van der Waals surface area contributed by atoms with Gasteiger partial charge in [-0.1, -0.05) is 17.4 Å². The van der Waals surface area contributed by atoms with Gasteiger partial charge >= 0.3 is 5.97 Å². The van der Waals surface area contributed by atoms with E-state index < -0.39 is 10.9 Å². The molecule has 0 saturated carbocycles. The molecule has 104 valence electrons. The second kappa shape index (κ2) is 5.25. The number of aryl methyl sites for hydroxylation is 2. The van der Waals surface area contributed by atoms with Gasteiger partial charge in [0.2, 0.25) is 0 Å². The van der Waals surface area contributed by atoms with Crippen molar-refractivity contribution in [3.8, 4) is 0 Å². The Hall–Kier alpha value is -2.48. The maximum absolute atomic E-state index is 11.0. The Morgan fingerprint density at radius 2 is 2.15 bits per heavy atom. The van der Waals surface area contributed by atoms with E-state index >= 15 is 0 Å². The zero-order valence-electron chi connectivity index (χ0n) is 10.7. The summed E-state index contributed by atoms with van der Waals surface area (Å²) in [5.74, 6) is -1.04. The first-order valence-corrected chi connectivity index (χ1v) is 6.43. The minimum absolute atomic E-state index is 0.0372. The van der Waals surface area contributed by atoms with Gasteiger partial charge < -0.3 is 10.4 Å². The summed E-state index contributed by atoms with van der Waals surface area (Å²) in [7, 11) is 0. The second-order valence-corrected chi connectivity index (χ2v) is 5.12. The number of non-ortho nitro benzene ring substituents is 1. The number of nitrogens with one attached hydrogen (secondary N) is 1. The molecule has 0 spiro atoms. The van der Waals surface area contributed by atoms with Crippen LogP contribution in [0.3, 0.4) is 0 Å². The van der Waals surface area contributed by atoms with E-state index in [-0.39, 0.29) is 10.6 Å². The van der Waals surface area contributed by atoms with Crippen LogP contribution in [0.1, 0.15) is 20.9 Å². The van der Waals surface area contributed by atoms with Crippen molar-refractivity contribution >= 4 is 33.8 Å². The first kappa shape index (κ1) is 13.9. The first-order valence-electron chi connectivity index (χ1n) is 5.61. The van der Waals surface area contributed by atoms with Crippen molar-refractivity contribution in [2.24, 2.45) is 0 Å². The molecule has 2 N–H and O–H groups in total. The maximum Gasteiger partial charge on any atom is 0.347 e. The van der Waals surface area contributed by atoms with Crippen molar-refractivity contribution in [2.45, 2.75) is 13.8 Å². The summed E-state index contributed by atoms with van der Waals surface area (Å²) in [6.07, 6.45) is 0. The number of rotatable bonds is 4. The van der Waals surface area contributed by atoms with Crippen molar-refractivity contribution in [1.82, 2.24) is 4.98 Å². The quantitative estimate of drug-likeness (QED) is 0.662. The zero-order chi connectivity index (χ0) is 14.9. The SMILES string of the molecule is Cc1ccc([N+](=O)[O-])cc1Nc1nc(C)c(C(=O)O)s1. The van der Waals surface area contributed by atoms with Gasteiger partial charge in [-0.15, -0.1) is 0 Å². The van der Waals surface area contributed by atoms with Crippen molar-refractivity contribution in [3.05, 3.63) is 44.4 Å². The monoisotopic (exact) mass is 293 g/mol. The van der Waals surface area contributed by atoms with Gasteiger partial charge in [-0.05, 0) is 19.4 Å². The predicted molar refractivity (Wildman–Crippen MR) is 74.9 cm³/mol. The summed E-state index contributed by atoms with van der Waals surface area (Å²) in [6, 6.07) is 4.43. The predicted octanol–water partition coefficient (Wildman–Crippen LogP) is 3.11. The average Bonchev–Trinajstić information content (AvgIpc) is 2.73. The lowest BCUT2D eigenvalue weighted by atomic mass is 10.2. The standard InChI is InChI=1S/C12H11N3O4S/c1-6-3-4-8(15(18)19)5-9(6)14-12-13-7(2)10(20-12)11(16)17/h3-5H,1-2H3,(H,13,14)(H,16,17). The topological polar surface area (TPSA) is 105 Å². The lowest BCUT2D eigenvalue weighted by Gasteiger charge is -2.06. The molecule has 0 radical (unpaired) electrons. The molecule has 1 aromatic heterocycles. The van der Waals surface area contributed by atoms with Crippen LogP contribution in [-0.2, 0) is 0 Å². The van der Waals surface area contributed by atoms with E-state index in [4.69, 9.17) is 5.11 Å². The van der Waals surface area contributed by atoms with E-state index in [1.165, 1.54) is 12.1 Å². The van der Waals surface area contributed by atoms with Crippen molar-refractivity contribution < 1.29 is 14.8 Å². The number of thiazole rings is 1. The third-order valence-corrected chi connectivity index (χ3v) is 3.73. The average molecular weight is 293 g/mol. The number of nitrogens with zero attached hydrogens (tertiary/aromatic N) is 2. The van der Waals surface area contributed by atoms with Crippen LogP contribution in [0.2, 0.25) is 0 Å². The molecule has 0 saturated heterocycles. The number of hydrogen-bond acceptors (Lipinski definition) is 6. The van der Waals surface area contributed by atoms with Crippen LogP contribution in [-0.4, -0.2) is 21.0 Å². The Morgan fingerprint density at radius 3 is 2.70 bits per heavy atom. The summed E-state index contributed by atoms with van der Waals surface area (Å²) < 4.78 is 0. The Labute approximate surface area is 118 Å². The molecule has 0 bridgehead atoms. The number of benzene rings is 1. The van der Waals surface area contributed by atoms with Gasteiger partial charge in [0.15, 0.2) is 5.13 Å². The van der Waals surface area contributed by atoms with E-state index in [1.54, 1.807) is 19.9 Å². The molecule has 0 aliphatic rings. The number of carbonyl (C=O) groups is 1. The Morgan fingerprint density at radius 1 is 1.45 bits per heavy atom. The molecule has 0 aliphatic heterocycles. The van der Waals surface area contributed by atoms with E-state index in [0.29, 0.717) is 16.5 Å². The molecule has 0 aliphatic carbocycles. The van der Waals surface area contributed by atoms with E-state index in [1.807, 2.05) is 0 Å². The van der Waals surface area contributed by atoms with Gasteiger partial charge in [-0.3, -0.25) is 10.1 Å². The molecule has 1 aromatic carbocycles. The Balaban J connectivity index is 2.34. The highest BCUT2D eigenvalue weighted by Crippen LogP contribution is 2.29. The molecule has 2 rings (SSSR count). The van der Waals surface area contributed by atoms with Crippen LogP contribution >= 0.6 is 11.3 Å². The molecule has 0 amide bonds. The number of aromatic nitrogens is 1. The van der Waals surface area contributed by atoms with Crippen molar-refractivity contribution in [3.63, 3.8) is 0 Å². The van der Waals surface area contributed by atoms with E-state index in [2.05, 4.69) is 10.3 Å². The Kier molecular flexibility index (Phi) is 3.66. The molecule has 0 fully saturated rings. The van der Waals surface area contributed by atoms with Gasteiger partial charge in [0.05, 0.1) is 16.3 Å². The highest BCUT2D eigenvalue weighted by molar-refractivity contribution is 7.17. The van der Waals surface area contributed by atoms with E-state index in [9.17, 15) is 14.9 Å². The summed E-state index contributed by atoms with van der Waals surface area (Å²) in [4.78, 5) is 25.5. The van der Waals surface area contributed by atoms with Crippen LogP contribution in [0, 0.1) is 24.0 Å². The van der Waals surface area contributed by atoms with Crippen LogP contribution in [0.5, 0.6) is 0 Å². The van der Waals surface area contributed by atoms with Gasteiger partial charge in [0.25, 0.3) is 5.69 Å². The third-order valence-electron chi connectivity index (χ3n) is 2.66. The number of anilines is 2. The van der Waals surface area contributed by atoms with Crippen molar-refractivity contribution in [2.75, 3.05) is 5.32 Å². The fourth-order valence-electron chi connectivity index (χ4n) is 1.62. The molecule has 1 heterocycles. The van der Waals surface area contributed by atoms with Crippen LogP contribution in [0.25, 0.3) is 0 Å². The Bertz CT molecular complexity index is 696. The summed E-state index contributed by atoms with van der Waals surface area (Å²) in [5.41, 5.74) is 1.71. The van der Waals surface area contributed by atoms with Gasteiger partial charge in [-0.2, -0.15) is 0 Å². The smallest absolute Gasteiger partial charge is 0.347 e. The summed E-state index contributed by atoms with van der Waals surface area (Å²) >= 11 is 0.994. The second-order valence-electron chi connectivity index (χ2n) is 4.12. The normalized spacial score (nSPS) is 10.3. The number of carboxylic acids is 1. The molecule has 7 nitrogen and oxygen atoms in total. The molecule has 8 heteroatoms. The number of nitro benzene ring substituents is 1. The molecule has 20 heavy (non-hydrogen) atoms. The van der Waals surface area contributed by atoms with Crippen LogP contribution in [0.15, 0.2) is 18.2 Å². The zero-order valence-corrected chi connectivity index (χ0v) is 11.5. The maximum atomic E-state index is 11.0. The lowest BCUT2D eigenvalue weighted by molar-refractivity contribution is -0.384. The lowest BCUT2D eigenvalue weighted by Crippen LogP contribution is -1.95. The molecular formula is C12H11N3O4S. The number of carboxylic acid groups (broad SMARTS) is 1. The van der Waals surface area contributed by atoms with Gasteiger partial charge in [-0.25, -0.2) is 9.78 Å². The number of nitro groups is 1. The van der Waals surface area contributed by atoms with Crippen LogP contribution in [0.4, 0.5) is 16.5 Å². The molecule has 2 aromatic rings. The van der Waals surface area contributed by atoms with Crippen LogP contribution < -0.4 is 5.32 Å². The summed E-state index contributed by atoms with van der Waals surface area (Å²) in [5, 5.41) is 23.0. The third kappa shape index (κ3) is 2.75. The van der Waals surface area contributed by atoms with Crippen molar-refractivity contribution in [1.29, 1.82) is 0 Å². The number of hydrogen-bond donors (Lipinski definition) is 2.